The largest absolute Gasteiger partial charge is 0.495 e. The third kappa shape index (κ3) is 4.76. The van der Waals surface area contributed by atoms with Crippen molar-refractivity contribution in [1.82, 2.24) is 19.9 Å². The molecule has 2 aromatic carbocycles. The number of benzene rings is 2. The Morgan fingerprint density at radius 2 is 1.76 bits per heavy atom. The number of methoxy groups -OCH3 is 1. The second kappa shape index (κ2) is 9.83. The van der Waals surface area contributed by atoms with E-state index in [-0.39, 0.29) is 0 Å². The summed E-state index contributed by atoms with van der Waals surface area (Å²) in [6.07, 6.45) is 6.73. The van der Waals surface area contributed by atoms with E-state index in [1.165, 1.54) is 0 Å². The molecule has 1 N–H and O–H groups in total. The molecule has 0 spiro atoms. The molecular weight excluding hydrogens is 448 g/mol. The van der Waals surface area contributed by atoms with Gasteiger partial charge < -0.3 is 19.9 Å². The number of fused-ring (bicyclic) bond motifs is 1. The number of nitrogens with one attached hydrogen (secondary N) is 1. The Balaban J connectivity index is 1.38. The minimum Gasteiger partial charge on any atom is -0.495 e. The van der Waals surface area contributed by atoms with E-state index in [2.05, 4.69) is 55.3 Å². The van der Waals surface area contributed by atoms with Gasteiger partial charge in [-0.15, -0.1) is 0 Å². The summed E-state index contributed by atoms with van der Waals surface area (Å²) in [4.78, 5) is 18.5. The van der Waals surface area contributed by atoms with Crippen LogP contribution in [0.5, 0.6) is 5.75 Å². The maximum absolute atomic E-state index is 6.28. The smallest absolute Gasteiger partial charge is 0.225 e. The summed E-state index contributed by atoms with van der Waals surface area (Å²) in [6.45, 7) is 4.07. The second-order valence-corrected chi connectivity index (χ2v) is 8.89. The molecule has 1 aliphatic heterocycles. The Kier molecular flexibility index (Phi) is 6.47. The Bertz CT molecular complexity index is 1300. The number of halogens is 1. The van der Waals surface area contributed by atoms with E-state index >= 15 is 0 Å². The van der Waals surface area contributed by atoms with E-state index in [9.17, 15) is 0 Å². The van der Waals surface area contributed by atoms with Crippen molar-refractivity contribution >= 4 is 39.8 Å². The van der Waals surface area contributed by atoms with E-state index < -0.39 is 0 Å². The molecule has 1 aliphatic rings. The van der Waals surface area contributed by atoms with Crippen LogP contribution in [0.1, 0.15) is 6.42 Å². The molecule has 0 radical (unpaired) electrons. The highest BCUT2D eigenvalue weighted by atomic mass is 35.5. The molecule has 1 fully saturated rings. The van der Waals surface area contributed by atoms with Crippen LogP contribution in [0.3, 0.4) is 0 Å². The summed E-state index contributed by atoms with van der Waals surface area (Å²) in [6, 6.07) is 13.8. The van der Waals surface area contributed by atoms with E-state index in [0.29, 0.717) is 10.8 Å². The summed E-state index contributed by atoms with van der Waals surface area (Å²) in [7, 11) is 3.77. The quantitative estimate of drug-likeness (QED) is 0.424. The number of hydrogen-bond donors (Lipinski definition) is 1. The van der Waals surface area contributed by atoms with Gasteiger partial charge in [-0.05, 0) is 55.9 Å². The maximum Gasteiger partial charge on any atom is 0.225 e. The molecule has 3 heterocycles. The van der Waals surface area contributed by atoms with Gasteiger partial charge in [0.1, 0.15) is 5.75 Å². The van der Waals surface area contributed by atoms with Crippen LogP contribution in [0, 0.1) is 0 Å². The number of likely N-dealkylation sites (N-methyl/N-ethyl adjacent to an activating group) is 1. The van der Waals surface area contributed by atoms with Crippen LogP contribution in [0.2, 0.25) is 5.02 Å². The SMILES string of the molecule is COc1ccc(Nc2ccnc3cc(-c4cnc(N5CCCN(C)CC5)nc4)ccc23)cc1Cl. The van der Waals surface area contributed by atoms with Crippen LogP contribution < -0.4 is 15.0 Å². The lowest BCUT2D eigenvalue weighted by Gasteiger charge is -2.20. The number of anilines is 3. The molecule has 0 amide bonds. The number of pyridine rings is 1. The molecule has 2 aromatic heterocycles. The summed E-state index contributed by atoms with van der Waals surface area (Å²) in [5.41, 5.74) is 4.73. The third-order valence-electron chi connectivity index (χ3n) is 6.15. The zero-order chi connectivity index (χ0) is 23.5. The fourth-order valence-corrected chi connectivity index (χ4v) is 4.47. The predicted molar refractivity (Wildman–Crippen MR) is 138 cm³/mol. The molecular formula is C26H27ClN6O. The number of aromatic nitrogens is 3. The van der Waals surface area contributed by atoms with Crippen LogP contribution >= 0.6 is 11.6 Å². The average molecular weight is 475 g/mol. The minimum absolute atomic E-state index is 0.559. The van der Waals surface area contributed by atoms with Crippen molar-refractivity contribution in [2.24, 2.45) is 0 Å². The number of rotatable bonds is 5. The maximum atomic E-state index is 6.28. The summed E-state index contributed by atoms with van der Waals surface area (Å²) in [5, 5.41) is 5.01. The first kappa shape index (κ1) is 22.4. The van der Waals surface area contributed by atoms with Crippen molar-refractivity contribution in [3.05, 3.63) is 66.1 Å². The Labute approximate surface area is 204 Å². The Hall–Kier alpha value is -3.42. The van der Waals surface area contributed by atoms with E-state index in [1.807, 2.05) is 36.7 Å². The van der Waals surface area contributed by atoms with Gasteiger partial charge in [0, 0.05) is 60.5 Å². The van der Waals surface area contributed by atoms with Gasteiger partial charge >= 0.3 is 0 Å². The summed E-state index contributed by atoms with van der Waals surface area (Å²) in [5.74, 6) is 1.44. The fourth-order valence-electron chi connectivity index (χ4n) is 4.22. The molecule has 174 valence electrons. The lowest BCUT2D eigenvalue weighted by atomic mass is 10.1. The molecule has 1 saturated heterocycles. The fraction of sp³-hybridized carbons (Fsp3) is 0.269. The zero-order valence-electron chi connectivity index (χ0n) is 19.3. The van der Waals surface area contributed by atoms with E-state index in [4.69, 9.17) is 16.3 Å². The van der Waals surface area contributed by atoms with Crippen molar-refractivity contribution in [1.29, 1.82) is 0 Å². The molecule has 8 heteroatoms. The van der Waals surface area contributed by atoms with Gasteiger partial charge in [-0.2, -0.15) is 0 Å². The van der Waals surface area contributed by atoms with Gasteiger partial charge in [0.05, 0.1) is 17.6 Å². The normalized spacial score (nSPS) is 14.7. The third-order valence-corrected chi connectivity index (χ3v) is 6.44. The molecule has 0 bridgehead atoms. The van der Waals surface area contributed by atoms with Crippen molar-refractivity contribution in [2.75, 3.05) is 50.6 Å². The first-order valence-electron chi connectivity index (χ1n) is 11.4. The summed E-state index contributed by atoms with van der Waals surface area (Å²) < 4.78 is 5.24. The topological polar surface area (TPSA) is 66.4 Å². The van der Waals surface area contributed by atoms with Gasteiger partial charge in [-0.25, -0.2) is 9.97 Å². The Morgan fingerprint density at radius 1 is 0.912 bits per heavy atom. The molecule has 0 atom stereocenters. The highest BCUT2D eigenvalue weighted by molar-refractivity contribution is 6.32. The van der Waals surface area contributed by atoms with Gasteiger partial charge in [-0.3, -0.25) is 4.98 Å². The van der Waals surface area contributed by atoms with Crippen molar-refractivity contribution < 1.29 is 4.74 Å². The molecule has 34 heavy (non-hydrogen) atoms. The van der Waals surface area contributed by atoms with Crippen LogP contribution in [-0.4, -0.2) is 60.2 Å². The lowest BCUT2D eigenvalue weighted by molar-refractivity contribution is 0.360. The van der Waals surface area contributed by atoms with Gasteiger partial charge in [0.25, 0.3) is 0 Å². The highest BCUT2D eigenvalue weighted by Gasteiger charge is 2.15. The van der Waals surface area contributed by atoms with Crippen LogP contribution in [0.4, 0.5) is 17.3 Å². The first-order chi connectivity index (χ1) is 16.6. The van der Waals surface area contributed by atoms with Gasteiger partial charge in [-0.1, -0.05) is 23.7 Å². The van der Waals surface area contributed by atoms with Crippen LogP contribution in [0.25, 0.3) is 22.0 Å². The van der Waals surface area contributed by atoms with E-state index in [0.717, 1.165) is 72.0 Å². The van der Waals surface area contributed by atoms with Crippen molar-refractivity contribution in [3.63, 3.8) is 0 Å². The van der Waals surface area contributed by atoms with Crippen LogP contribution in [0.15, 0.2) is 61.1 Å². The molecule has 0 unspecified atom stereocenters. The predicted octanol–water partition coefficient (Wildman–Crippen LogP) is 5.24. The molecule has 4 aromatic rings. The first-order valence-corrected chi connectivity index (χ1v) is 11.7. The van der Waals surface area contributed by atoms with E-state index in [1.54, 1.807) is 13.3 Å². The molecule has 5 rings (SSSR count). The second-order valence-electron chi connectivity index (χ2n) is 8.48. The number of ether oxygens (including phenoxy) is 1. The number of nitrogens with zero attached hydrogens (tertiary/aromatic N) is 5. The summed E-state index contributed by atoms with van der Waals surface area (Å²) >= 11 is 6.28. The monoisotopic (exact) mass is 474 g/mol. The molecule has 0 saturated carbocycles. The standard InChI is InChI=1S/C26H27ClN6O/c1-32-10-3-11-33(13-12-32)26-29-16-19(17-30-26)18-4-6-21-23(8-9-28-24(21)14-18)31-20-5-7-25(34-2)22(27)15-20/h4-9,14-17H,3,10-13H2,1-2H3,(H,28,31). The van der Waals surface area contributed by atoms with Gasteiger partial charge in [0.15, 0.2) is 0 Å². The average Bonchev–Trinajstić information content (AvgIpc) is 3.08. The molecule has 0 aliphatic carbocycles. The van der Waals surface area contributed by atoms with Gasteiger partial charge in [0.2, 0.25) is 5.95 Å². The zero-order valence-corrected chi connectivity index (χ0v) is 20.1. The van der Waals surface area contributed by atoms with Crippen LogP contribution in [-0.2, 0) is 0 Å². The van der Waals surface area contributed by atoms with Crippen molar-refractivity contribution in [2.45, 2.75) is 6.42 Å². The Morgan fingerprint density at radius 3 is 2.56 bits per heavy atom. The highest BCUT2D eigenvalue weighted by Crippen LogP contribution is 2.32. The minimum atomic E-state index is 0.559. The number of hydrogen-bond acceptors (Lipinski definition) is 7. The molecule has 7 nitrogen and oxygen atoms in total. The lowest BCUT2D eigenvalue weighted by Crippen LogP contribution is -2.30. The van der Waals surface area contributed by atoms with Crippen molar-refractivity contribution in [3.8, 4) is 16.9 Å².